The van der Waals surface area contributed by atoms with Crippen LogP contribution in [-0.2, 0) is 4.79 Å². The number of para-hydroxylation sites is 1. The van der Waals surface area contributed by atoms with Gasteiger partial charge in [0.2, 0.25) is 0 Å². The van der Waals surface area contributed by atoms with Gasteiger partial charge in [-0.15, -0.1) is 0 Å². The van der Waals surface area contributed by atoms with Crippen molar-refractivity contribution >= 4 is 22.8 Å². The van der Waals surface area contributed by atoms with Gasteiger partial charge in [0.15, 0.2) is 17.2 Å². The van der Waals surface area contributed by atoms with Gasteiger partial charge < -0.3 is 14.4 Å². The van der Waals surface area contributed by atoms with Crippen LogP contribution in [0.15, 0.2) is 22.6 Å². The summed E-state index contributed by atoms with van der Waals surface area (Å²) in [4.78, 5) is 24.4. The van der Waals surface area contributed by atoms with Crippen molar-refractivity contribution < 1.29 is 23.5 Å². The second-order valence-electron chi connectivity index (χ2n) is 5.10. The number of fused-ring (bicyclic) bond motifs is 1. The minimum atomic E-state index is -0.984. The molecule has 112 valence electrons. The zero-order valence-electron chi connectivity index (χ0n) is 12.0. The van der Waals surface area contributed by atoms with Crippen LogP contribution in [0.5, 0.6) is 0 Å². The highest BCUT2D eigenvalue weighted by molar-refractivity contribution is 5.99. The molecule has 21 heavy (non-hydrogen) atoms. The SMILES string of the molecule is Cc1c(C(=O)N(C)CC(C)C(=O)O)oc2c(F)cccc12. The van der Waals surface area contributed by atoms with E-state index in [2.05, 4.69) is 0 Å². The molecule has 0 aliphatic heterocycles. The van der Waals surface area contributed by atoms with Crippen LogP contribution in [0, 0.1) is 18.7 Å². The average Bonchev–Trinajstić information content (AvgIpc) is 2.77. The Labute approximate surface area is 121 Å². The first-order valence-corrected chi connectivity index (χ1v) is 6.48. The number of hydrogen-bond donors (Lipinski definition) is 1. The Morgan fingerprint density at radius 3 is 2.67 bits per heavy atom. The molecule has 0 saturated carbocycles. The van der Waals surface area contributed by atoms with Gasteiger partial charge in [-0.25, -0.2) is 4.39 Å². The second-order valence-corrected chi connectivity index (χ2v) is 5.10. The molecule has 2 aromatic rings. The number of hydrogen-bond acceptors (Lipinski definition) is 3. The van der Waals surface area contributed by atoms with Gasteiger partial charge in [0, 0.05) is 24.5 Å². The van der Waals surface area contributed by atoms with E-state index in [1.165, 1.54) is 24.9 Å². The molecule has 1 aromatic carbocycles. The summed E-state index contributed by atoms with van der Waals surface area (Å²) in [5.41, 5.74) is 0.586. The molecule has 0 bridgehead atoms. The smallest absolute Gasteiger partial charge is 0.308 e. The van der Waals surface area contributed by atoms with Gasteiger partial charge in [-0.05, 0) is 13.0 Å². The monoisotopic (exact) mass is 293 g/mol. The van der Waals surface area contributed by atoms with E-state index in [1.54, 1.807) is 19.1 Å². The third-order valence-electron chi connectivity index (χ3n) is 3.43. The summed E-state index contributed by atoms with van der Waals surface area (Å²) in [6.45, 7) is 3.23. The molecule has 0 fully saturated rings. The lowest BCUT2D eigenvalue weighted by atomic mass is 10.1. The van der Waals surface area contributed by atoms with E-state index < -0.39 is 23.6 Å². The molecule has 0 saturated heterocycles. The summed E-state index contributed by atoms with van der Waals surface area (Å²) < 4.78 is 19.0. The van der Waals surface area contributed by atoms with E-state index in [-0.39, 0.29) is 17.9 Å². The van der Waals surface area contributed by atoms with Gasteiger partial charge >= 0.3 is 5.97 Å². The number of aryl methyl sites for hydroxylation is 1. The fourth-order valence-corrected chi connectivity index (χ4v) is 2.16. The van der Waals surface area contributed by atoms with Crippen LogP contribution in [-0.4, -0.2) is 35.5 Å². The quantitative estimate of drug-likeness (QED) is 0.940. The Morgan fingerprint density at radius 1 is 1.43 bits per heavy atom. The summed E-state index contributed by atoms with van der Waals surface area (Å²) in [5, 5.41) is 9.42. The van der Waals surface area contributed by atoms with Gasteiger partial charge in [-0.2, -0.15) is 0 Å². The zero-order chi connectivity index (χ0) is 15.7. The third-order valence-corrected chi connectivity index (χ3v) is 3.43. The number of carboxylic acids is 1. The molecule has 1 N–H and O–H groups in total. The molecule has 0 aliphatic carbocycles. The lowest BCUT2D eigenvalue weighted by molar-refractivity contribution is -0.141. The van der Waals surface area contributed by atoms with Crippen LogP contribution < -0.4 is 0 Å². The summed E-state index contributed by atoms with van der Waals surface area (Å²) in [7, 11) is 1.49. The van der Waals surface area contributed by atoms with E-state index in [0.717, 1.165) is 0 Å². The zero-order valence-corrected chi connectivity index (χ0v) is 12.0. The van der Waals surface area contributed by atoms with Crippen molar-refractivity contribution in [1.29, 1.82) is 0 Å². The molecule has 1 heterocycles. The van der Waals surface area contributed by atoms with Crippen LogP contribution in [0.25, 0.3) is 11.0 Å². The molecule has 1 unspecified atom stereocenters. The number of benzene rings is 1. The molecule has 5 nitrogen and oxygen atoms in total. The van der Waals surface area contributed by atoms with E-state index in [0.29, 0.717) is 10.9 Å². The first-order chi connectivity index (χ1) is 9.82. The minimum Gasteiger partial charge on any atom is -0.481 e. The van der Waals surface area contributed by atoms with Crippen molar-refractivity contribution in [2.45, 2.75) is 13.8 Å². The molecule has 1 amide bonds. The van der Waals surface area contributed by atoms with Crippen LogP contribution >= 0.6 is 0 Å². The van der Waals surface area contributed by atoms with Crippen LogP contribution in [0.4, 0.5) is 4.39 Å². The molecular weight excluding hydrogens is 277 g/mol. The number of aliphatic carboxylic acids is 1. The number of amides is 1. The molecule has 1 aromatic heterocycles. The van der Waals surface area contributed by atoms with Crippen LogP contribution in [0.1, 0.15) is 23.0 Å². The largest absolute Gasteiger partial charge is 0.481 e. The number of nitrogens with zero attached hydrogens (tertiary/aromatic N) is 1. The first-order valence-electron chi connectivity index (χ1n) is 6.48. The number of rotatable bonds is 4. The molecule has 6 heteroatoms. The summed E-state index contributed by atoms with van der Waals surface area (Å²) in [5.74, 6) is -2.63. The van der Waals surface area contributed by atoms with Crippen molar-refractivity contribution in [3.63, 3.8) is 0 Å². The van der Waals surface area contributed by atoms with Gasteiger partial charge in [-0.1, -0.05) is 19.1 Å². The Hall–Kier alpha value is -2.37. The minimum absolute atomic E-state index is 0.0372. The van der Waals surface area contributed by atoms with Crippen LogP contribution in [0.3, 0.4) is 0 Å². The Balaban J connectivity index is 2.33. The maximum Gasteiger partial charge on any atom is 0.308 e. The van der Waals surface area contributed by atoms with Crippen molar-refractivity contribution in [1.82, 2.24) is 4.90 Å². The molecule has 0 spiro atoms. The highest BCUT2D eigenvalue weighted by Crippen LogP contribution is 2.28. The number of halogens is 1. The number of carbonyl (C=O) groups excluding carboxylic acids is 1. The average molecular weight is 293 g/mol. The second kappa shape index (κ2) is 5.55. The summed E-state index contributed by atoms with van der Waals surface area (Å²) in [6, 6.07) is 4.48. The van der Waals surface area contributed by atoms with E-state index in [9.17, 15) is 14.0 Å². The van der Waals surface area contributed by atoms with E-state index in [1.807, 2.05) is 0 Å². The lowest BCUT2D eigenvalue weighted by Gasteiger charge is -2.18. The molecule has 0 radical (unpaired) electrons. The van der Waals surface area contributed by atoms with Crippen molar-refractivity contribution in [3.05, 3.63) is 35.3 Å². The first kappa shape index (κ1) is 15.0. The van der Waals surface area contributed by atoms with Crippen molar-refractivity contribution in [2.24, 2.45) is 5.92 Å². The van der Waals surface area contributed by atoms with Gasteiger partial charge in [-0.3, -0.25) is 9.59 Å². The molecule has 1 atom stereocenters. The number of furan rings is 1. The number of carbonyl (C=O) groups is 2. The Kier molecular flexibility index (Phi) is 3.97. The highest BCUT2D eigenvalue weighted by atomic mass is 19.1. The maximum atomic E-state index is 13.7. The Bertz CT molecular complexity index is 707. The van der Waals surface area contributed by atoms with E-state index >= 15 is 0 Å². The normalized spacial score (nSPS) is 12.4. The standard InChI is InChI=1S/C15H16FNO4/c1-8(15(19)20)7-17(3)14(18)12-9(2)10-5-4-6-11(16)13(10)21-12/h4-6,8H,7H2,1-3H3,(H,19,20). The molecular formula is C15H16FNO4. The predicted molar refractivity (Wildman–Crippen MR) is 74.7 cm³/mol. The van der Waals surface area contributed by atoms with Gasteiger partial charge in [0.05, 0.1) is 5.92 Å². The van der Waals surface area contributed by atoms with Gasteiger partial charge in [0.1, 0.15) is 0 Å². The predicted octanol–water partition coefficient (Wildman–Crippen LogP) is 2.67. The molecule has 2 rings (SSSR count). The molecule has 0 aliphatic rings. The Morgan fingerprint density at radius 2 is 2.10 bits per heavy atom. The lowest BCUT2D eigenvalue weighted by Crippen LogP contribution is -2.33. The van der Waals surface area contributed by atoms with Gasteiger partial charge in [0.25, 0.3) is 5.91 Å². The topological polar surface area (TPSA) is 70.8 Å². The highest BCUT2D eigenvalue weighted by Gasteiger charge is 2.24. The van der Waals surface area contributed by atoms with Crippen molar-refractivity contribution in [2.75, 3.05) is 13.6 Å². The van der Waals surface area contributed by atoms with E-state index in [4.69, 9.17) is 9.52 Å². The maximum absolute atomic E-state index is 13.7. The fraction of sp³-hybridized carbons (Fsp3) is 0.333. The third kappa shape index (κ3) is 2.74. The van der Waals surface area contributed by atoms with Crippen molar-refractivity contribution in [3.8, 4) is 0 Å². The fourth-order valence-electron chi connectivity index (χ4n) is 2.16. The van der Waals surface area contributed by atoms with Crippen LogP contribution in [0.2, 0.25) is 0 Å². The summed E-state index contributed by atoms with van der Waals surface area (Å²) in [6.07, 6.45) is 0. The summed E-state index contributed by atoms with van der Waals surface area (Å²) >= 11 is 0. The number of carboxylic acid groups (broad SMARTS) is 1.